The minimum atomic E-state index is -2.03. The van der Waals surface area contributed by atoms with E-state index in [1.807, 2.05) is 6.92 Å². The highest BCUT2D eigenvalue weighted by Crippen LogP contribution is 2.30. The minimum absolute atomic E-state index is 0.108. The van der Waals surface area contributed by atoms with E-state index in [9.17, 15) is 9.00 Å². The molecule has 8 heteroatoms. The SMILES string of the molecule is CC1CC(c2c(CS(=O)O)ccc(C(=O)Cl)c2Cl)=NO1. The van der Waals surface area contributed by atoms with Gasteiger partial charge >= 0.3 is 0 Å². The van der Waals surface area contributed by atoms with Gasteiger partial charge < -0.3 is 9.39 Å². The monoisotopic (exact) mass is 335 g/mol. The molecule has 0 aromatic heterocycles. The van der Waals surface area contributed by atoms with Crippen molar-refractivity contribution in [1.82, 2.24) is 0 Å². The first-order chi connectivity index (χ1) is 9.40. The lowest BCUT2D eigenvalue weighted by Gasteiger charge is -2.11. The van der Waals surface area contributed by atoms with Crippen molar-refractivity contribution in [3.05, 3.63) is 33.8 Å². The molecular formula is C12H11Cl2NO4S. The fraction of sp³-hybridized carbons (Fsp3) is 0.333. The van der Waals surface area contributed by atoms with Crippen molar-refractivity contribution in [2.24, 2.45) is 5.16 Å². The van der Waals surface area contributed by atoms with E-state index in [1.54, 1.807) is 6.07 Å². The van der Waals surface area contributed by atoms with Gasteiger partial charge in [0.2, 0.25) is 0 Å². The lowest BCUT2D eigenvalue weighted by molar-refractivity contribution is 0.0995. The molecule has 0 saturated carbocycles. The molecule has 1 aliphatic rings. The summed E-state index contributed by atoms with van der Waals surface area (Å²) in [7, 11) is 0. The van der Waals surface area contributed by atoms with E-state index in [4.69, 9.17) is 32.6 Å². The number of hydrogen-bond donors (Lipinski definition) is 1. The molecule has 0 amide bonds. The summed E-state index contributed by atoms with van der Waals surface area (Å²) < 4.78 is 20.1. The van der Waals surface area contributed by atoms with Crippen LogP contribution in [-0.4, -0.2) is 25.8 Å². The molecule has 1 heterocycles. The van der Waals surface area contributed by atoms with Crippen molar-refractivity contribution >= 4 is 45.2 Å². The van der Waals surface area contributed by atoms with E-state index in [1.165, 1.54) is 6.07 Å². The number of hydrogen-bond acceptors (Lipinski definition) is 4. The Morgan fingerprint density at radius 3 is 2.80 bits per heavy atom. The molecule has 0 saturated heterocycles. The first kappa shape index (κ1) is 15.4. The maximum absolute atomic E-state index is 11.3. The molecule has 0 fully saturated rings. The second-order valence-corrected chi connectivity index (χ2v) is 6.01. The maximum Gasteiger partial charge on any atom is 0.253 e. The molecule has 1 aromatic carbocycles. The highest BCUT2D eigenvalue weighted by molar-refractivity contribution is 7.78. The van der Waals surface area contributed by atoms with E-state index < -0.39 is 16.3 Å². The normalized spacial score (nSPS) is 19.4. The van der Waals surface area contributed by atoms with Gasteiger partial charge in [-0.3, -0.25) is 4.79 Å². The van der Waals surface area contributed by atoms with Crippen molar-refractivity contribution in [1.29, 1.82) is 0 Å². The van der Waals surface area contributed by atoms with Crippen molar-refractivity contribution in [2.45, 2.75) is 25.2 Å². The lowest BCUT2D eigenvalue weighted by atomic mass is 9.98. The van der Waals surface area contributed by atoms with Crippen molar-refractivity contribution in [2.75, 3.05) is 0 Å². The molecule has 2 unspecified atom stereocenters. The molecular weight excluding hydrogens is 325 g/mol. The van der Waals surface area contributed by atoms with Crippen LogP contribution >= 0.6 is 23.2 Å². The zero-order valence-electron chi connectivity index (χ0n) is 10.4. The van der Waals surface area contributed by atoms with Crippen LogP contribution in [0.4, 0.5) is 0 Å². The van der Waals surface area contributed by atoms with Gasteiger partial charge in [-0.2, -0.15) is 0 Å². The fourth-order valence-electron chi connectivity index (χ4n) is 1.98. The third-order valence-corrected chi connectivity index (χ3v) is 3.99. The number of nitrogens with zero attached hydrogens (tertiary/aromatic N) is 1. The van der Waals surface area contributed by atoms with Crippen LogP contribution < -0.4 is 0 Å². The van der Waals surface area contributed by atoms with Crippen LogP contribution in [0.15, 0.2) is 17.3 Å². The number of carbonyl (C=O) groups is 1. The molecule has 0 spiro atoms. The third-order valence-electron chi connectivity index (χ3n) is 2.83. The summed E-state index contributed by atoms with van der Waals surface area (Å²) >= 11 is 9.63. The van der Waals surface area contributed by atoms with Gasteiger partial charge in [0, 0.05) is 12.0 Å². The molecule has 0 bridgehead atoms. The molecule has 1 aromatic rings. The number of oxime groups is 1. The molecule has 1 aliphatic heterocycles. The zero-order valence-corrected chi connectivity index (χ0v) is 12.8. The van der Waals surface area contributed by atoms with Crippen molar-refractivity contribution in [3.63, 3.8) is 0 Å². The quantitative estimate of drug-likeness (QED) is 0.677. The van der Waals surface area contributed by atoms with E-state index in [0.717, 1.165) is 0 Å². The van der Waals surface area contributed by atoms with Crippen molar-refractivity contribution in [3.8, 4) is 0 Å². The maximum atomic E-state index is 11.3. The number of halogens is 2. The van der Waals surface area contributed by atoms with Gasteiger partial charge in [0.1, 0.15) is 6.10 Å². The molecule has 0 aliphatic carbocycles. The third kappa shape index (κ3) is 3.20. The second kappa shape index (κ2) is 6.22. The predicted molar refractivity (Wildman–Crippen MR) is 77.8 cm³/mol. The van der Waals surface area contributed by atoms with E-state index in [2.05, 4.69) is 5.16 Å². The lowest BCUT2D eigenvalue weighted by Crippen LogP contribution is -2.10. The largest absolute Gasteiger partial charge is 0.392 e. The summed E-state index contributed by atoms with van der Waals surface area (Å²) in [6.07, 6.45) is 0.397. The zero-order chi connectivity index (χ0) is 14.9. The Balaban J connectivity index is 2.56. The van der Waals surface area contributed by atoms with Gasteiger partial charge in [-0.05, 0) is 30.2 Å². The van der Waals surface area contributed by atoms with E-state index in [-0.39, 0.29) is 22.4 Å². The smallest absolute Gasteiger partial charge is 0.253 e. The number of rotatable bonds is 4. The Morgan fingerprint density at radius 2 is 2.30 bits per heavy atom. The molecule has 1 N–H and O–H groups in total. The van der Waals surface area contributed by atoms with Crippen LogP contribution in [0.25, 0.3) is 0 Å². The van der Waals surface area contributed by atoms with Gasteiger partial charge in [-0.25, -0.2) is 4.21 Å². The minimum Gasteiger partial charge on any atom is -0.392 e. The van der Waals surface area contributed by atoms with Crippen LogP contribution in [0.5, 0.6) is 0 Å². The Hall–Kier alpha value is -0.950. The molecule has 108 valence electrons. The second-order valence-electron chi connectivity index (χ2n) is 4.36. The fourth-order valence-corrected chi connectivity index (χ4v) is 3.07. The van der Waals surface area contributed by atoms with Gasteiger partial charge in [-0.15, -0.1) is 0 Å². The number of benzene rings is 1. The van der Waals surface area contributed by atoms with Gasteiger partial charge in [-0.1, -0.05) is 22.8 Å². The van der Waals surface area contributed by atoms with Crippen LogP contribution in [0, 0.1) is 0 Å². The van der Waals surface area contributed by atoms with E-state index in [0.29, 0.717) is 23.3 Å². The van der Waals surface area contributed by atoms with Gasteiger partial charge in [0.25, 0.3) is 5.24 Å². The van der Waals surface area contributed by atoms with E-state index >= 15 is 0 Å². The summed E-state index contributed by atoms with van der Waals surface area (Å²) in [5.41, 5.74) is 1.65. The standard InChI is InChI=1S/C12H11Cl2NO4S/c1-6-4-9(15-19-6)10-7(5-20(17)18)2-3-8(11(10)13)12(14)16/h2-3,6H,4-5H2,1H3,(H,17,18). The molecule has 5 nitrogen and oxygen atoms in total. The average Bonchev–Trinajstić information content (AvgIpc) is 2.74. The Kier molecular flexibility index (Phi) is 4.80. The average molecular weight is 336 g/mol. The van der Waals surface area contributed by atoms with Crippen molar-refractivity contribution < 1.29 is 18.4 Å². The topological polar surface area (TPSA) is 76.0 Å². The van der Waals surface area contributed by atoms with Crippen LogP contribution in [0.3, 0.4) is 0 Å². The highest BCUT2D eigenvalue weighted by Gasteiger charge is 2.25. The Labute approximate surface area is 128 Å². The predicted octanol–water partition coefficient (Wildman–Crippen LogP) is 2.95. The summed E-state index contributed by atoms with van der Waals surface area (Å²) in [5.74, 6) is -0.112. The Bertz CT molecular complexity index is 618. The number of carbonyl (C=O) groups excluding carboxylic acids is 1. The summed E-state index contributed by atoms with van der Waals surface area (Å²) in [5, 5.41) is 3.35. The molecule has 2 atom stereocenters. The molecule has 0 radical (unpaired) electrons. The molecule has 20 heavy (non-hydrogen) atoms. The highest BCUT2D eigenvalue weighted by atomic mass is 35.5. The van der Waals surface area contributed by atoms with Crippen LogP contribution in [-0.2, 0) is 21.7 Å². The molecule has 2 rings (SSSR count). The van der Waals surface area contributed by atoms with Crippen LogP contribution in [0.1, 0.15) is 34.8 Å². The first-order valence-corrected chi connectivity index (χ1v) is 7.75. The first-order valence-electron chi connectivity index (χ1n) is 5.72. The van der Waals surface area contributed by atoms with Crippen LogP contribution in [0.2, 0.25) is 5.02 Å². The summed E-state index contributed by atoms with van der Waals surface area (Å²) in [6, 6.07) is 2.99. The summed E-state index contributed by atoms with van der Waals surface area (Å²) in [6.45, 7) is 1.84. The van der Waals surface area contributed by atoms with Gasteiger partial charge in [0.05, 0.1) is 22.1 Å². The summed E-state index contributed by atoms with van der Waals surface area (Å²) in [4.78, 5) is 16.4. The van der Waals surface area contributed by atoms with Gasteiger partial charge in [0.15, 0.2) is 11.1 Å². The Morgan fingerprint density at radius 1 is 1.60 bits per heavy atom.